The third kappa shape index (κ3) is 2.49. The second kappa shape index (κ2) is 4.99. The van der Waals surface area contributed by atoms with E-state index in [4.69, 9.17) is 0 Å². The molecule has 1 fully saturated rings. The fourth-order valence-electron chi connectivity index (χ4n) is 2.98. The fourth-order valence-corrected chi connectivity index (χ4v) is 2.98. The van der Waals surface area contributed by atoms with E-state index in [2.05, 4.69) is 4.98 Å². The zero-order valence-corrected chi connectivity index (χ0v) is 12.8. The molecule has 0 radical (unpaired) electrons. The number of nitrogens with zero attached hydrogens (tertiary/aromatic N) is 1. The van der Waals surface area contributed by atoms with Gasteiger partial charge in [0.2, 0.25) is 0 Å². The molecule has 1 atom stereocenters. The quantitative estimate of drug-likeness (QED) is 0.846. The number of nitrogens with one attached hydrogen (secondary N) is 1. The second-order valence-corrected chi connectivity index (χ2v) is 6.14. The Hall–Kier alpha value is -2.02. The summed E-state index contributed by atoms with van der Waals surface area (Å²) < 4.78 is 38.6. The first-order valence-corrected chi connectivity index (χ1v) is 7.30. The smallest absolute Gasteiger partial charge is 0.379 e. The van der Waals surface area contributed by atoms with Crippen LogP contribution in [0.2, 0.25) is 0 Å². The number of fused-ring (bicyclic) bond motifs is 1. The van der Waals surface area contributed by atoms with Crippen molar-refractivity contribution in [2.24, 2.45) is 0 Å². The molecule has 0 spiro atoms. The maximum absolute atomic E-state index is 12.9. The summed E-state index contributed by atoms with van der Waals surface area (Å²) in [4.78, 5) is 16.7. The van der Waals surface area contributed by atoms with Crippen molar-refractivity contribution in [2.45, 2.75) is 32.0 Å². The third-order valence-corrected chi connectivity index (χ3v) is 4.62. The lowest BCUT2D eigenvalue weighted by atomic mass is 10.0. The number of β-amino-alcohol motifs (C(OH)–C–C–N with tert-alkyl or cyclic N) is 1. The summed E-state index contributed by atoms with van der Waals surface area (Å²) in [5.74, 6) is -0.495. The van der Waals surface area contributed by atoms with Gasteiger partial charge in [0.15, 0.2) is 5.60 Å². The van der Waals surface area contributed by atoms with Gasteiger partial charge in [0.05, 0.1) is 6.54 Å². The number of benzene rings is 1. The van der Waals surface area contributed by atoms with Crippen LogP contribution in [0.25, 0.3) is 10.9 Å². The molecule has 3 rings (SSSR count). The number of hydrogen-bond acceptors (Lipinski definition) is 2. The van der Waals surface area contributed by atoms with Gasteiger partial charge in [-0.2, -0.15) is 13.2 Å². The molecule has 124 valence electrons. The molecule has 0 bridgehead atoms. The Labute approximate surface area is 130 Å². The number of carbonyl (C=O) groups is 1. The highest BCUT2D eigenvalue weighted by Crippen LogP contribution is 2.38. The highest BCUT2D eigenvalue weighted by molar-refractivity contribution is 5.99. The Kier molecular flexibility index (Phi) is 3.44. The second-order valence-electron chi connectivity index (χ2n) is 6.14. The maximum atomic E-state index is 12.9. The lowest BCUT2D eigenvalue weighted by molar-refractivity contribution is -0.253. The number of aromatic amines is 1. The topological polar surface area (TPSA) is 56.3 Å². The Morgan fingerprint density at radius 3 is 2.65 bits per heavy atom. The lowest BCUT2D eigenvalue weighted by Crippen LogP contribution is -2.48. The Morgan fingerprint density at radius 2 is 2.04 bits per heavy atom. The molecule has 1 aromatic heterocycles. The highest BCUT2D eigenvalue weighted by Gasteiger charge is 2.57. The summed E-state index contributed by atoms with van der Waals surface area (Å²) in [5.41, 5.74) is 0.378. The van der Waals surface area contributed by atoms with Crippen LogP contribution in [-0.4, -0.2) is 45.8 Å². The van der Waals surface area contributed by atoms with E-state index in [1.54, 1.807) is 18.2 Å². The zero-order valence-electron chi connectivity index (χ0n) is 12.8. The minimum Gasteiger partial charge on any atom is -0.379 e. The first-order valence-electron chi connectivity index (χ1n) is 7.30. The van der Waals surface area contributed by atoms with Crippen molar-refractivity contribution in [3.05, 3.63) is 35.0 Å². The first-order chi connectivity index (χ1) is 10.6. The normalized spacial score (nSPS) is 22.1. The predicted octanol–water partition coefficient (Wildman–Crippen LogP) is 2.92. The van der Waals surface area contributed by atoms with E-state index >= 15 is 0 Å². The van der Waals surface area contributed by atoms with Gasteiger partial charge in [0.25, 0.3) is 5.91 Å². The number of hydrogen-bond donors (Lipinski definition) is 2. The molecule has 1 aliphatic rings. The fraction of sp³-hybridized carbons (Fsp3) is 0.438. The van der Waals surface area contributed by atoms with E-state index in [1.165, 1.54) is 0 Å². The van der Waals surface area contributed by atoms with Gasteiger partial charge in [-0.25, -0.2) is 0 Å². The number of amides is 1. The van der Waals surface area contributed by atoms with Crippen LogP contribution in [0.4, 0.5) is 13.2 Å². The summed E-state index contributed by atoms with van der Waals surface area (Å²) in [7, 11) is 0. The number of rotatable bonds is 1. The Morgan fingerprint density at radius 1 is 1.35 bits per heavy atom. The Bertz CT molecular complexity index is 781. The van der Waals surface area contributed by atoms with Crippen molar-refractivity contribution in [1.82, 2.24) is 9.88 Å². The monoisotopic (exact) mass is 326 g/mol. The summed E-state index contributed by atoms with van der Waals surface area (Å²) in [5, 5.41) is 10.6. The minimum atomic E-state index is -4.74. The van der Waals surface area contributed by atoms with Gasteiger partial charge in [0.1, 0.15) is 0 Å². The standard InChI is InChI=1S/C16H17F3N2O2/c1-9-10(2)20-13-4-3-11(7-12(9)13)14(22)21-6-5-15(23,8-21)16(17,18)19/h3-4,7,20,23H,5-6,8H2,1-2H3/t15-/m0/s1. The van der Waals surface area contributed by atoms with Crippen LogP contribution in [0.3, 0.4) is 0 Å². The SMILES string of the molecule is Cc1[nH]c2ccc(C(=O)N3CC[C@@](O)(C(F)(F)F)C3)cc2c1C. The summed E-state index contributed by atoms with van der Waals surface area (Å²) in [6.07, 6.45) is -5.23. The highest BCUT2D eigenvalue weighted by atomic mass is 19.4. The Balaban J connectivity index is 1.88. The molecule has 1 aromatic carbocycles. The maximum Gasteiger partial charge on any atom is 0.419 e. The molecular weight excluding hydrogens is 309 g/mol. The summed E-state index contributed by atoms with van der Waals surface area (Å²) >= 11 is 0. The predicted molar refractivity (Wildman–Crippen MR) is 79.3 cm³/mol. The zero-order chi connectivity index (χ0) is 17.0. The van der Waals surface area contributed by atoms with Crippen molar-refractivity contribution < 1.29 is 23.1 Å². The van der Waals surface area contributed by atoms with E-state index in [0.717, 1.165) is 27.1 Å². The van der Waals surface area contributed by atoms with Gasteiger partial charge in [-0.1, -0.05) is 0 Å². The number of alkyl halides is 3. The van der Waals surface area contributed by atoms with Crippen LogP contribution in [0.1, 0.15) is 28.0 Å². The summed E-state index contributed by atoms with van der Waals surface area (Å²) in [6, 6.07) is 5.01. The molecule has 2 heterocycles. The van der Waals surface area contributed by atoms with Crippen molar-refractivity contribution in [3.8, 4) is 0 Å². The van der Waals surface area contributed by atoms with Crippen molar-refractivity contribution in [3.63, 3.8) is 0 Å². The largest absolute Gasteiger partial charge is 0.419 e. The first kappa shape index (κ1) is 15.9. The van der Waals surface area contributed by atoms with Gasteiger partial charge < -0.3 is 15.0 Å². The van der Waals surface area contributed by atoms with Crippen molar-refractivity contribution >= 4 is 16.8 Å². The molecule has 7 heteroatoms. The van der Waals surface area contributed by atoms with Crippen LogP contribution < -0.4 is 0 Å². The van der Waals surface area contributed by atoms with Gasteiger partial charge >= 0.3 is 6.18 Å². The molecule has 0 aliphatic carbocycles. The van der Waals surface area contributed by atoms with E-state index in [0.29, 0.717) is 5.56 Å². The van der Waals surface area contributed by atoms with E-state index in [9.17, 15) is 23.1 Å². The number of aliphatic hydroxyl groups is 1. The van der Waals surface area contributed by atoms with Gasteiger partial charge in [0, 0.05) is 35.1 Å². The molecule has 2 N–H and O–H groups in total. The molecule has 1 aliphatic heterocycles. The van der Waals surface area contributed by atoms with Crippen LogP contribution >= 0.6 is 0 Å². The molecular formula is C16H17F3N2O2. The van der Waals surface area contributed by atoms with Gasteiger partial charge in [-0.3, -0.25) is 4.79 Å². The molecule has 1 amide bonds. The van der Waals surface area contributed by atoms with Crippen molar-refractivity contribution in [1.29, 1.82) is 0 Å². The third-order valence-electron chi connectivity index (χ3n) is 4.62. The average Bonchev–Trinajstić information content (AvgIpc) is 3.01. The number of H-pyrrole nitrogens is 1. The van der Waals surface area contributed by atoms with E-state index in [-0.39, 0.29) is 6.54 Å². The van der Waals surface area contributed by atoms with E-state index < -0.39 is 30.7 Å². The molecule has 4 nitrogen and oxygen atoms in total. The number of likely N-dealkylation sites (tertiary alicyclic amines) is 1. The van der Waals surface area contributed by atoms with Crippen LogP contribution in [-0.2, 0) is 0 Å². The molecule has 0 unspecified atom stereocenters. The van der Waals surface area contributed by atoms with Crippen LogP contribution in [0, 0.1) is 13.8 Å². The van der Waals surface area contributed by atoms with E-state index in [1.807, 2.05) is 13.8 Å². The molecule has 1 saturated heterocycles. The van der Waals surface area contributed by atoms with Crippen molar-refractivity contribution in [2.75, 3.05) is 13.1 Å². The minimum absolute atomic E-state index is 0.113. The number of halogens is 3. The molecule has 0 saturated carbocycles. The number of aromatic nitrogens is 1. The molecule has 23 heavy (non-hydrogen) atoms. The lowest BCUT2D eigenvalue weighted by Gasteiger charge is -2.25. The average molecular weight is 326 g/mol. The van der Waals surface area contributed by atoms with Crippen LogP contribution in [0.15, 0.2) is 18.2 Å². The van der Waals surface area contributed by atoms with Crippen LogP contribution in [0.5, 0.6) is 0 Å². The van der Waals surface area contributed by atoms with Gasteiger partial charge in [-0.15, -0.1) is 0 Å². The number of aryl methyl sites for hydroxylation is 2. The summed E-state index contributed by atoms with van der Waals surface area (Å²) in [6.45, 7) is 3.00. The number of carbonyl (C=O) groups excluding carboxylic acids is 1. The van der Waals surface area contributed by atoms with Gasteiger partial charge in [-0.05, 0) is 37.6 Å². The molecule has 2 aromatic rings.